The van der Waals surface area contributed by atoms with Crippen LogP contribution in [-0.2, 0) is 0 Å². The Morgan fingerprint density at radius 2 is 1.56 bits per heavy atom. The van der Waals surface area contributed by atoms with E-state index in [0.717, 1.165) is 5.56 Å². The van der Waals surface area contributed by atoms with Crippen LogP contribution in [-0.4, -0.2) is 3.79 Å². The molecule has 0 spiro atoms. The largest absolute Gasteiger partial charge is 0.444 e. The second-order valence-electron chi connectivity index (χ2n) is 3.00. The van der Waals surface area contributed by atoms with Gasteiger partial charge in [-0.25, -0.2) is 0 Å². The molecule has 0 radical (unpaired) electrons. The van der Waals surface area contributed by atoms with Crippen molar-refractivity contribution in [1.29, 1.82) is 0 Å². The maximum Gasteiger partial charge on any atom is 0.230 e. The molecule has 1 aromatic rings. The molecule has 0 fully saturated rings. The molecule has 0 aromatic heterocycles. The van der Waals surface area contributed by atoms with Gasteiger partial charge in [0.05, 0.1) is 0 Å². The topological polar surface area (TPSA) is 9.23 Å². The zero-order chi connectivity index (χ0) is 12.3. The molecule has 0 saturated heterocycles. The molecular weight excluding hydrogens is 313 g/mol. The summed E-state index contributed by atoms with van der Waals surface area (Å²) in [6.07, 6.45) is 0. The van der Waals surface area contributed by atoms with Gasteiger partial charge in [0, 0.05) is 0 Å². The Labute approximate surface area is 119 Å². The maximum atomic E-state index is 5.76. The van der Waals surface area contributed by atoms with Crippen molar-refractivity contribution in [3.05, 3.63) is 40.1 Å². The van der Waals surface area contributed by atoms with Gasteiger partial charge in [0.2, 0.25) is 9.01 Å². The average molecular weight is 320 g/mol. The summed E-state index contributed by atoms with van der Waals surface area (Å²) in [5.41, 5.74) is 1.10. The molecule has 1 nitrogen and oxygen atoms in total. The number of hydrogen-bond acceptors (Lipinski definition) is 1. The summed E-state index contributed by atoms with van der Waals surface area (Å²) < 4.78 is 3.43. The highest BCUT2D eigenvalue weighted by Gasteiger charge is 2.28. The lowest BCUT2D eigenvalue weighted by Crippen LogP contribution is -2.06. The van der Waals surface area contributed by atoms with Crippen molar-refractivity contribution in [3.63, 3.8) is 0 Å². The van der Waals surface area contributed by atoms with Crippen molar-refractivity contribution in [2.45, 2.75) is 10.7 Å². The molecule has 0 N–H and O–H groups in total. The van der Waals surface area contributed by atoms with Gasteiger partial charge in [-0.15, -0.1) is 0 Å². The second kappa shape index (κ2) is 5.70. The number of allylic oxidation sites excluding steroid dienone is 1. The van der Waals surface area contributed by atoms with Crippen molar-refractivity contribution in [1.82, 2.24) is 0 Å². The molecule has 1 aromatic carbocycles. The van der Waals surface area contributed by atoms with E-state index in [9.17, 15) is 0 Å². The van der Waals surface area contributed by atoms with Crippen LogP contribution in [0.25, 0.3) is 0 Å². The molecule has 0 heterocycles. The van der Waals surface area contributed by atoms with Crippen LogP contribution in [0.3, 0.4) is 0 Å². The fraction of sp³-hybridized carbons (Fsp3) is 0.200. The van der Waals surface area contributed by atoms with Crippen molar-refractivity contribution in [3.8, 4) is 5.75 Å². The summed E-state index contributed by atoms with van der Waals surface area (Å²) in [4.78, 5) is 0. The summed E-state index contributed by atoms with van der Waals surface area (Å²) >= 11 is 28.1. The summed E-state index contributed by atoms with van der Waals surface area (Å²) in [7, 11) is 0. The van der Waals surface area contributed by atoms with E-state index in [1.54, 1.807) is 12.1 Å². The third-order valence-corrected chi connectivity index (χ3v) is 3.33. The molecular formula is C10H7Cl5O. The van der Waals surface area contributed by atoms with Crippen LogP contribution in [0, 0.1) is 6.92 Å². The van der Waals surface area contributed by atoms with Crippen molar-refractivity contribution < 1.29 is 4.74 Å². The smallest absolute Gasteiger partial charge is 0.230 e. The molecule has 0 aliphatic heterocycles. The number of hydrogen-bond donors (Lipinski definition) is 0. The lowest BCUT2D eigenvalue weighted by Gasteiger charge is -2.12. The quantitative estimate of drug-likeness (QED) is 0.524. The monoisotopic (exact) mass is 318 g/mol. The molecule has 88 valence electrons. The fourth-order valence-electron chi connectivity index (χ4n) is 0.866. The van der Waals surface area contributed by atoms with Crippen molar-refractivity contribution in [2.75, 3.05) is 0 Å². The van der Waals surface area contributed by atoms with E-state index in [2.05, 4.69) is 0 Å². The van der Waals surface area contributed by atoms with Crippen LogP contribution in [0.5, 0.6) is 5.75 Å². The first-order valence-corrected chi connectivity index (χ1v) is 6.06. The van der Waals surface area contributed by atoms with E-state index >= 15 is 0 Å². The molecule has 16 heavy (non-hydrogen) atoms. The minimum atomic E-state index is -1.79. The van der Waals surface area contributed by atoms with Crippen molar-refractivity contribution in [2.24, 2.45) is 0 Å². The molecule has 0 aliphatic rings. The molecule has 0 atom stereocenters. The highest BCUT2D eigenvalue weighted by Crippen LogP contribution is 2.40. The number of alkyl halides is 3. The van der Waals surface area contributed by atoms with Gasteiger partial charge in [-0.1, -0.05) is 64.1 Å². The number of benzene rings is 1. The van der Waals surface area contributed by atoms with Gasteiger partial charge in [0.25, 0.3) is 0 Å². The number of ether oxygens (including phenoxy) is 1. The number of rotatable bonds is 2. The van der Waals surface area contributed by atoms with Crippen LogP contribution in [0.2, 0.25) is 0 Å². The standard InChI is InChI=1S/C10H7Cl5O/c1-6-2-4-7(5-3-6)16-9(12)8(11)10(13,14)15/h2-5H,1H3. The molecule has 1 rings (SSSR count). The van der Waals surface area contributed by atoms with Gasteiger partial charge in [-0.05, 0) is 30.7 Å². The highest BCUT2D eigenvalue weighted by molar-refractivity contribution is 6.73. The minimum Gasteiger partial charge on any atom is -0.444 e. The second-order valence-corrected chi connectivity index (χ2v) is 6.00. The molecule has 0 amide bonds. The summed E-state index contributed by atoms with van der Waals surface area (Å²) in [6.45, 7) is 1.95. The van der Waals surface area contributed by atoms with Crippen LogP contribution in [0.1, 0.15) is 5.56 Å². The molecule has 0 saturated carbocycles. The molecule has 0 aliphatic carbocycles. The first-order chi connectivity index (χ1) is 7.30. The van der Waals surface area contributed by atoms with Crippen molar-refractivity contribution >= 4 is 58.0 Å². The zero-order valence-corrected chi connectivity index (χ0v) is 11.9. The summed E-state index contributed by atoms with van der Waals surface area (Å²) in [5.74, 6) is 0.517. The van der Waals surface area contributed by atoms with Gasteiger partial charge in [0.1, 0.15) is 10.8 Å². The first-order valence-electron chi connectivity index (χ1n) is 4.17. The van der Waals surface area contributed by atoms with Gasteiger partial charge < -0.3 is 4.74 Å². The Morgan fingerprint density at radius 1 is 1.06 bits per heavy atom. The Kier molecular flexibility index (Phi) is 5.09. The lowest BCUT2D eigenvalue weighted by molar-refractivity contribution is 0.459. The van der Waals surface area contributed by atoms with E-state index in [1.165, 1.54) is 0 Å². The minimum absolute atomic E-state index is 0.162. The Balaban J connectivity index is 2.86. The predicted octanol–water partition coefficient (Wildman–Crippen LogP) is 5.39. The van der Waals surface area contributed by atoms with E-state index < -0.39 is 3.79 Å². The molecule has 0 unspecified atom stereocenters. The third kappa shape index (κ3) is 4.23. The average Bonchev–Trinajstić information content (AvgIpc) is 2.19. The maximum absolute atomic E-state index is 5.76. The molecule has 0 bridgehead atoms. The summed E-state index contributed by atoms with van der Waals surface area (Å²) in [5, 5.41) is -0.342. The predicted molar refractivity (Wildman–Crippen MR) is 70.8 cm³/mol. The Hall–Kier alpha value is 0.210. The number of aryl methyl sites for hydroxylation is 1. The van der Waals surface area contributed by atoms with Crippen LogP contribution < -0.4 is 4.74 Å². The van der Waals surface area contributed by atoms with Gasteiger partial charge in [-0.2, -0.15) is 0 Å². The van der Waals surface area contributed by atoms with E-state index in [1.807, 2.05) is 19.1 Å². The summed E-state index contributed by atoms with van der Waals surface area (Å²) in [6, 6.07) is 7.20. The Bertz CT molecular complexity index is 391. The van der Waals surface area contributed by atoms with E-state index in [4.69, 9.17) is 62.7 Å². The number of halogens is 5. The van der Waals surface area contributed by atoms with Gasteiger partial charge in [-0.3, -0.25) is 0 Å². The Morgan fingerprint density at radius 3 is 2.00 bits per heavy atom. The van der Waals surface area contributed by atoms with Crippen LogP contribution in [0.15, 0.2) is 34.5 Å². The SMILES string of the molecule is Cc1ccc(OC(Cl)=C(Cl)C(Cl)(Cl)Cl)cc1. The zero-order valence-electron chi connectivity index (χ0n) is 8.11. The van der Waals surface area contributed by atoms with Crippen LogP contribution in [0.4, 0.5) is 0 Å². The fourth-order valence-corrected chi connectivity index (χ4v) is 1.54. The van der Waals surface area contributed by atoms with Gasteiger partial charge >= 0.3 is 0 Å². The lowest BCUT2D eigenvalue weighted by atomic mass is 10.2. The van der Waals surface area contributed by atoms with E-state index in [0.29, 0.717) is 5.75 Å². The third-order valence-electron chi connectivity index (χ3n) is 1.65. The van der Waals surface area contributed by atoms with E-state index in [-0.39, 0.29) is 10.3 Å². The highest BCUT2D eigenvalue weighted by atomic mass is 35.6. The molecule has 6 heteroatoms. The van der Waals surface area contributed by atoms with Crippen LogP contribution >= 0.6 is 58.0 Å². The first kappa shape index (κ1) is 14.3. The normalized spacial score (nSPS) is 13.4. The van der Waals surface area contributed by atoms with Gasteiger partial charge in [0.15, 0.2) is 0 Å².